The second kappa shape index (κ2) is 10.2. The highest BCUT2D eigenvalue weighted by atomic mass is 16.5. The lowest BCUT2D eigenvalue weighted by Crippen LogP contribution is -2.39. The fraction of sp³-hybridized carbons (Fsp3) is 0.588. The molecule has 0 fully saturated rings. The number of aryl methyl sites for hydroxylation is 2. The van der Waals surface area contributed by atoms with Crippen molar-refractivity contribution in [1.82, 2.24) is 10.6 Å². The fourth-order valence-corrected chi connectivity index (χ4v) is 2.19. The van der Waals surface area contributed by atoms with Gasteiger partial charge in [0.2, 0.25) is 0 Å². The van der Waals surface area contributed by atoms with Gasteiger partial charge < -0.3 is 15.4 Å². The molecule has 0 atom stereocenters. The van der Waals surface area contributed by atoms with Crippen LogP contribution in [0.15, 0.2) is 23.2 Å². The van der Waals surface area contributed by atoms with E-state index in [1.54, 1.807) is 7.05 Å². The molecule has 0 unspecified atom stereocenters. The van der Waals surface area contributed by atoms with Gasteiger partial charge in [-0.15, -0.1) is 0 Å². The van der Waals surface area contributed by atoms with E-state index in [0.29, 0.717) is 0 Å². The molecule has 0 saturated heterocycles. The summed E-state index contributed by atoms with van der Waals surface area (Å²) in [7, 11) is 1.80. The van der Waals surface area contributed by atoms with Gasteiger partial charge in [0.1, 0.15) is 0 Å². The van der Waals surface area contributed by atoms with Crippen molar-refractivity contribution in [3.8, 4) is 0 Å². The van der Waals surface area contributed by atoms with Crippen LogP contribution in [0.25, 0.3) is 0 Å². The normalized spacial score (nSPS) is 11.5. The number of benzene rings is 1. The zero-order valence-corrected chi connectivity index (χ0v) is 13.8. The molecular weight excluding hydrogens is 262 g/mol. The molecule has 1 aromatic rings. The lowest BCUT2D eigenvalue weighted by molar-refractivity contribution is 0.145. The molecule has 0 aliphatic rings. The summed E-state index contributed by atoms with van der Waals surface area (Å²) in [6.45, 7) is 9.65. The Morgan fingerprint density at radius 1 is 1.19 bits per heavy atom. The average Bonchev–Trinajstić information content (AvgIpc) is 2.47. The molecule has 1 rings (SSSR count). The highest BCUT2D eigenvalue weighted by Crippen LogP contribution is 2.10. The molecule has 0 saturated carbocycles. The van der Waals surface area contributed by atoms with E-state index in [-0.39, 0.29) is 0 Å². The minimum atomic E-state index is 0.781. The molecule has 0 aliphatic heterocycles. The van der Waals surface area contributed by atoms with Crippen molar-refractivity contribution in [3.63, 3.8) is 0 Å². The molecule has 2 N–H and O–H groups in total. The topological polar surface area (TPSA) is 45.6 Å². The van der Waals surface area contributed by atoms with Gasteiger partial charge in [-0.25, -0.2) is 0 Å². The molecule has 4 nitrogen and oxygen atoms in total. The second-order valence-electron chi connectivity index (χ2n) is 5.16. The minimum absolute atomic E-state index is 0.781. The average molecular weight is 291 g/mol. The highest BCUT2D eigenvalue weighted by Gasteiger charge is 2.00. The maximum atomic E-state index is 5.31. The summed E-state index contributed by atoms with van der Waals surface area (Å²) in [6.07, 6.45) is 2.00. The zero-order chi connectivity index (χ0) is 15.5. The number of ether oxygens (including phenoxy) is 1. The molecule has 0 aliphatic carbocycles. The first-order valence-corrected chi connectivity index (χ1v) is 7.75. The molecule has 0 amide bonds. The standard InChI is InChI=1S/C17H29N3O/c1-5-21-12-6-10-19-17(18-4)20-11-9-16-8-7-14(2)13-15(16)3/h7-8,13H,5-6,9-12H2,1-4H3,(H2,18,19,20). The van der Waals surface area contributed by atoms with Gasteiger partial charge in [0.15, 0.2) is 5.96 Å². The van der Waals surface area contributed by atoms with Crippen molar-refractivity contribution in [2.24, 2.45) is 4.99 Å². The van der Waals surface area contributed by atoms with E-state index in [9.17, 15) is 0 Å². The van der Waals surface area contributed by atoms with Crippen LogP contribution in [0.2, 0.25) is 0 Å². The monoisotopic (exact) mass is 291 g/mol. The Labute approximate surface area is 129 Å². The van der Waals surface area contributed by atoms with Crippen LogP contribution in [-0.4, -0.2) is 39.3 Å². The van der Waals surface area contributed by atoms with Crippen LogP contribution in [0, 0.1) is 13.8 Å². The van der Waals surface area contributed by atoms with Crippen LogP contribution < -0.4 is 10.6 Å². The molecule has 1 aromatic carbocycles. The number of aliphatic imine (C=N–C) groups is 1. The summed E-state index contributed by atoms with van der Waals surface area (Å²) in [4.78, 5) is 4.23. The SMILES string of the molecule is CCOCCCNC(=NC)NCCc1ccc(C)cc1C. The molecule has 4 heteroatoms. The van der Waals surface area contributed by atoms with Crippen molar-refractivity contribution >= 4 is 5.96 Å². The lowest BCUT2D eigenvalue weighted by atomic mass is 10.0. The predicted molar refractivity (Wildman–Crippen MR) is 90.1 cm³/mol. The summed E-state index contributed by atoms with van der Waals surface area (Å²) >= 11 is 0. The van der Waals surface area contributed by atoms with Crippen molar-refractivity contribution in [2.75, 3.05) is 33.4 Å². The van der Waals surface area contributed by atoms with E-state index in [1.807, 2.05) is 6.92 Å². The molecule has 0 aromatic heterocycles. The van der Waals surface area contributed by atoms with Crippen LogP contribution >= 0.6 is 0 Å². The third kappa shape index (κ3) is 7.14. The second-order valence-corrected chi connectivity index (χ2v) is 5.16. The molecular formula is C17H29N3O. The fourth-order valence-electron chi connectivity index (χ4n) is 2.19. The van der Waals surface area contributed by atoms with Crippen LogP contribution in [0.5, 0.6) is 0 Å². The zero-order valence-electron chi connectivity index (χ0n) is 13.8. The number of guanidine groups is 1. The van der Waals surface area contributed by atoms with Gasteiger partial charge in [0.05, 0.1) is 0 Å². The van der Waals surface area contributed by atoms with Gasteiger partial charge in [-0.2, -0.15) is 0 Å². The Morgan fingerprint density at radius 3 is 2.62 bits per heavy atom. The number of nitrogens with one attached hydrogen (secondary N) is 2. The van der Waals surface area contributed by atoms with Crippen LogP contribution in [-0.2, 0) is 11.2 Å². The maximum Gasteiger partial charge on any atom is 0.190 e. The summed E-state index contributed by atoms with van der Waals surface area (Å²) < 4.78 is 5.31. The molecule has 21 heavy (non-hydrogen) atoms. The van der Waals surface area contributed by atoms with Gasteiger partial charge in [0.25, 0.3) is 0 Å². The minimum Gasteiger partial charge on any atom is -0.382 e. The Bertz CT molecular complexity index is 444. The van der Waals surface area contributed by atoms with Gasteiger partial charge in [-0.1, -0.05) is 23.8 Å². The maximum absolute atomic E-state index is 5.31. The number of rotatable bonds is 8. The molecule has 0 spiro atoms. The number of nitrogens with zero attached hydrogens (tertiary/aromatic N) is 1. The van der Waals surface area contributed by atoms with E-state index >= 15 is 0 Å². The largest absolute Gasteiger partial charge is 0.382 e. The molecule has 0 radical (unpaired) electrons. The van der Waals surface area contributed by atoms with Gasteiger partial charge in [-0.3, -0.25) is 4.99 Å². The summed E-state index contributed by atoms with van der Waals surface area (Å²) in [6, 6.07) is 6.61. The van der Waals surface area contributed by atoms with Crippen molar-refractivity contribution in [3.05, 3.63) is 34.9 Å². The van der Waals surface area contributed by atoms with Crippen LogP contribution in [0.3, 0.4) is 0 Å². The van der Waals surface area contributed by atoms with E-state index < -0.39 is 0 Å². The first kappa shape index (κ1) is 17.5. The van der Waals surface area contributed by atoms with E-state index in [1.165, 1.54) is 16.7 Å². The van der Waals surface area contributed by atoms with Crippen molar-refractivity contribution < 1.29 is 4.74 Å². The number of hydrogen-bond donors (Lipinski definition) is 2. The molecule has 118 valence electrons. The first-order chi connectivity index (χ1) is 10.2. The summed E-state index contributed by atoms with van der Waals surface area (Å²) in [5.41, 5.74) is 4.06. The molecule has 0 bridgehead atoms. The summed E-state index contributed by atoms with van der Waals surface area (Å²) in [5, 5.41) is 6.65. The van der Waals surface area contributed by atoms with E-state index in [0.717, 1.165) is 45.1 Å². The highest BCUT2D eigenvalue weighted by molar-refractivity contribution is 5.79. The van der Waals surface area contributed by atoms with Gasteiger partial charge >= 0.3 is 0 Å². The third-order valence-corrected chi connectivity index (χ3v) is 3.37. The quantitative estimate of drug-likeness (QED) is 0.439. The smallest absolute Gasteiger partial charge is 0.190 e. The Hall–Kier alpha value is -1.55. The number of hydrogen-bond acceptors (Lipinski definition) is 2. The summed E-state index contributed by atoms with van der Waals surface area (Å²) in [5.74, 6) is 0.858. The van der Waals surface area contributed by atoms with Crippen molar-refractivity contribution in [2.45, 2.75) is 33.6 Å². The van der Waals surface area contributed by atoms with Gasteiger partial charge in [-0.05, 0) is 44.7 Å². The van der Waals surface area contributed by atoms with Crippen LogP contribution in [0.1, 0.15) is 30.0 Å². The molecule has 0 heterocycles. The Balaban J connectivity index is 2.26. The van der Waals surface area contributed by atoms with Crippen LogP contribution in [0.4, 0.5) is 0 Å². The van der Waals surface area contributed by atoms with Gasteiger partial charge in [0, 0.05) is 33.4 Å². The van der Waals surface area contributed by atoms with E-state index in [4.69, 9.17) is 4.74 Å². The third-order valence-electron chi connectivity index (χ3n) is 3.37. The predicted octanol–water partition coefficient (Wildman–Crippen LogP) is 2.44. The van der Waals surface area contributed by atoms with Crippen molar-refractivity contribution in [1.29, 1.82) is 0 Å². The first-order valence-electron chi connectivity index (χ1n) is 7.75. The Kier molecular flexibility index (Phi) is 8.51. The van der Waals surface area contributed by atoms with E-state index in [2.05, 4.69) is 47.7 Å². The lowest BCUT2D eigenvalue weighted by Gasteiger charge is -2.13. The Morgan fingerprint density at radius 2 is 1.95 bits per heavy atom.